The first-order valence-electron chi connectivity index (χ1n) is 13.8. The van der Waals surface area contributed by atoms with E-state index in [2.05, 4.69) is 23.2 Å². The highest BCUT2D eigenvalue weighted by Crippen LogP contribution is 2.38. The van der Waals surface area contributed by atoms with Crippen molar-refractivity contribution < 1.29 is 17.9 Å². The van der Waals surface area contributed by atoms with E-state index >= 15 is 0 Å². The third-order valence-electron chi connectivity index (χ3n) is 7.42. The topological polar surface area (TPSA) is 67.9 Å². The lowest BCUT2D eigenvalue weighted by molar-refractivity contribution is 0.175. The Morgan fingerprint density at radius 2 is 1.81 bits per heavy atom. The van der Waals surface area contributed by atoms with Crippen LogP contribution in [0.5, 0.6) is 11.5 Å². The molecule has 1 aliphatic rings. The zero-order chi connectivity index (χ0) is 26.7. The average molecular weight is 531 g/mol. The zero-order valence-electron chi connectivity index (χ0n) is 23.2. The molecule has 37 heavy (non-hydrogen) atoms. The maximum atomic E-state index is 11.7. The molecule has 0 aromatic heterocycles. The van der Waals surface area contributed by atoms with Crippen LogP contribution in [0, 0.1) is 0 Å². The fraction of sp³-hybridized carbons (Fsp3) is 0.600. The van der Waals surface area contributed by atoms with E-state index in [-0.39, 0.29) is 0 Å². The molecule has 1 N–H and O–H groups in total. The molecule has 0 saturated heterocycles. The highest BCUT2D eigenvalue weighted by Gasteiger charge is 2.27. The highest BCUT2D eigenvalue weighted by atomic mass is 32.2. The van der Waals surface area contributed by atoms with Gasteiger partial charge in [-0.25, -0.2) is 8.42 Å². The van der Waals surface area contributed by atoms with Crippen molar-refractivity contribution >= 4 is 9.84 Å². The van der Waals surface area contributed by atoms with Gasteiger partial charge in [-0.1, -0.05) is 38.0 Å². The third kappa shape index (κ3) is 8.72. The number of nitrogens with zero attached hydrogens (tertiary/aromatic N) is 1. The monoisotopic (exact) mass is 530 g/mol. The summed E-state index contributed by atoms with van der Waals surface area (Å²) in [6, 6.07) is 12.2. The number of benzene rings is 2. The van der Waals surface area contributed by atoms with Gasteiger partial charge in [0.25, 0.3) is 0 Å². The first-order chi connectivity index (χ1) is 17.9. The standard InChI is InChI=1S/C30H46N2O4S/c1-5-20-32(26-14-15-28-25(23-26)13-16-29(35-2)30(28)36-3)21-9-7-6-8-18-31-19-17-24-11-10-12-27(22-24)37(4,33)34/h10-13,16,22,26,31H,5-9,14-15,17-21,23H2,1-4H3/t26-/m0/s1. The molecule has 2 aromatic rings. The number of nitrogens with one attached hydrogen (secondary N) is 1. The molecule has 0 unspecified atom stereocenters. The van der Waals surface area contributed by atoms with Crippen LogP contribution < -0.4 is 14.8 Å². The molecule has 0 amide bonds. The van der Waals surface area contributed by atoms with Crippen molar-refractivity contribution in [2.24, 2.45) is 0 Å². The Labute approximate surface area is 224 Å². The smallest absolute Gasteiger partial charge is 0.175 e. The fourth-order valence-electron chi connectivity index (χ4n) is 5.45. The molecule has 0 saturated carbocycles. The summed E-state index contributed by atoms with van der Waals surface area (Å²) in [7, 11) is 0.302. The molecule has 0 spiro atoms. The van der Waals surface area contributed by atoms with Gasteiger partial charge in [-0.3, -0.25) is 0 Å². The molecule has 0 radical (unpaired) electrons. The second-order valence-electron chi connectivity index (χ2n) is 10.2. The highest BCUT2D eigenvalue weighted by molar-refractivity contribution is 7.90. The second kappa shape index (κ2) is 14.7. The van der Waals surface area contributed by atoms with Crippen LogP contribution in [0.3, 0.4) is 0 Å². The van der Waals surface area contributed by atoms with Crippen molar-refractivity contribution in [1.82, 2.24) is 10.2 Å². The molecule has 206 valence electrons. The molecule has 0 fully saturated rings. The van der Waals surface area contributed by atoms with Gasteiger partial charge in [0, 0.05) is 17.9 Å². The van der Waals surface area contributed by atoms with Gasteiger partial charge >= 0.3 is 0 Å². The summed E-state index contributed by atoms with van der Waals surface area (Å²) < 4.78 is 34.6. The van der Waals surface area contributed by atoms with E-state index in [1.807, 2.05) is 18.2 Å². The predicted octanol–water partition coefficient (Wildman–Crippen LogP) is 5.07. The van der Waals surface area contributed by atoms with Crippen LogP contribution in [0.25, 0.3) is 0 Å². The summed E-state index contributed by atoms with van der Waals surface area (Å²) in [6.07, 6.45) is 11.5. The van der Waals surface area contributed by atoms with Crippen LogP contribution in [-0.2, 0) is 29.1 Å². The summed E-state index contributed by atoms with van der Waals surface area (Å²) in [4.78, 5) is 3.11. The molecule has 3 rings (SSSR count). The van der Waals surface area contributed by atoms with Crippen LogP contribution in [0.4, 0.5) is 0 Å². The predicted molar refractivity (Wildman–Crippen MR) is 152 cm³/mol. The minimum Gasteiger partial charge on any atom is -0.493 e. The maximum Gasteiger partial charge on any atom is 0.175 e. The van der Waals surface area contributed by atoms with Crippen LogP contribution >= 0.6 is 0 Å². The van der Waals surface area contributed by atoms with Gasteiger partial charge < -0.3 is 19.7 Å². The number of methoxy groups -OCH3 is 2. The summed E-state index contributed by atoms with van der Waals surface area (Å²) in [5.41, 5.74) is 3.80. The Balaban J connectivity index is 1.34. The van der Waals surface area contributed by atoms with Gasteiger partial charge in [-0.15, -0.1) is 0 Å². The normalized spacial score (nSPS) is 15.5. The molecule has 7 heteroatoms. The molecule has 0 bridgehead atoms. The quantitative estimate of drug-likeness (QED) is 0.306. The van der Waals surface area contributed by atoms with E-state index < -0.39 is 9.84 Å². The van der Waals surface area contributed by atoms with Gasteiger partial charge in [0.15, 0.2) is 21.3 Å². The number of hydrogen-bond donors (Lipinski definition) is 1. The van der Waals surface area contributed by atoms with E-state index in [9.17, 15) is 8.42 Å². The first kappa shape index (κ1) is 29.5. The van der Waals surface area contributed by atoms with E-state index in [4.69, 9.17) is 9.47 Å². The lowest BCUT2D eigenvalue weighted by atomic mass is 9.86. The van der Waals surface area contributed by atoms with Crippen molar-refractivity contribution in [3.8, 4) is 11.5 Å². The number of unbranched alkanes of at least 4 members (excludes halogenated alkanes) is 3. The minimum atomic E-state index is -3.14. The first-order valence-corrected chi connectivity index (χ1v) is 15.7. The van der Waals surface area contributed by atoms with Gasteiger partial charge in [0.2, 0.25) is 0 Å². The van der Waals surface area contributed by atoms with E-state index in [0.29, 0.717) is 10.9 Å². The SMILES string of the molecule is CCCN(CCCCCCNCCc1cccc(S(C)(=O)=O)c1)[C@H]1CCc2c(ccc(OC)c2OC)C1. The molecular weight excluding hydrogens is 484 g/mol. The third-order valence-corrected chi connectivity index (χ3v) is 8.53. The van der Waals surface area contributed by atoms with Gasteiger partial charge in [-0.2, -0.15) is 0 Å². The molecule has 1 aliphatic carbocycles. The number of fused-ring (bicyclic) bond motifs is 1. The number of ether oxygens (including phenoxy) is 2. The molecular formula is C30H46N2O4S. The molecule has 0 heterocycles. The number of sulfone groups is 1. The van der Waals surface area contributed by atoms with Crippen molar-refractivity contribution in [1.29, 1.82) is 0 Å². The molecule has 0 aliphatic heterocycles. The number of hydrogen-bond acceptors (Lipinski definition) is 6. The molecule has 1 atom stereocenters. The Hall–Kier alpha value is -2.09. The Kier molecular flexibility index (Phi) is 11.7. The Bertz CT molecular complexity index is 1090. The van der Waals surface area contributed by atoms with Crippen LogP contribution in [-0.4, -0.2) is 66.0 Å². The fourth-order valence-corrected chi connectivity index (χ4v) is 6.14. The van der Waals surface area contributed by atoms with Gasteiger partial charge in [-0.05, 0) is 100 Å². The number of rotatable bonds is 16. The van der Waals surface area contributed by atoms with Crippen molar-refractivity contribution in [3.63, 3.8) is 0 Å². The van der Waals surface area contributed by atoms with Crippen LogP contribution in [0.15, 0.2) is 41.3 Å². The van der Waals surface area contributed by atoms with Crippen LogP contribution in [0.1, 0.15) is 62.1 Å². The summed E-state index contributed by atoms with van der Waals surface area (Å²) in [5.74, 6) is 1.75. The van der Waals surface area contributed by atoms with Crippen molar-refractivity contribution in [2.45, 2.75) is 75.6 Å². The Morgan fingerprint density at radius 3 is 2.54 bits per heavy atom. The van der Waals surface area contributed by atoms with Gasteiger partial charge in [0.05, 0.1) is 19.1 Å². The maximum absolute atomic E-state index is 11.7. The summed E-state index contributed by atoms with van der Waals surface area (Å²) in [5, 5.41) is 3.51. The minimum absolute atomic E-state index is 0.402. The molecule has 2 aromatic carbocycles. The lowest BCUT2D eigenvalue weighted by Gasteiger charge is -2.36. The van der Waals surface area contributed by atoms with Crippen molar-refractivity contribution in [3.05, 3.63) is 53.1 Å². The van der Waals surface area contributed by atoms with Gasteiger partial charge in [0.1, 0.15) is 0 Å². The lowest BCUT2D eigenvalue weighted by Crippen LogP contribution is -2.40. The second-order valence-corrected chi connectivity index (χ2v) is 12.2. The summed E-state index contributed by atoms with van der Waals surface area (Å²) >= 11 is 0. The van der Waals surface area contributed by atoms with E-state index in [1.54, 1.807) is 26.4 Å². The molecule has 6 nitrogen and oxygen atoms in total. The van der Waals surface area contributed by atoms with E-state index in [1.165, 1.54) is 62.5 Å². The zero-order valence-corrected chi connectivity index (χ0v) is 24.0. The largest absolute Gasteiger partial charge is 0.493 e. The van der Waals surface area contributed by atoms with Crippen molar-refractivity contribution in [2.75, 3.05) is 46.7 Å². The van der Waals surface area contributed by atoms with E-state index in [0.717, 1.165) is 56.0 Å². The average Bonchev–Trinajstić information content (AvgIpc) is 2.90. The van der Waals surface area contributed by atoms with Crippen LogP contribution in [0.2, 0.25) is 0 Å². The Morgan fingerprint density at radius 1 is 1.00 bits per heavy atom. The summed E-state index contributed by atoms with van der Waals surface area (Å²) in [6.45, 7) is 6.49.